The lowest BCUT2D eigenvalue weighted by Gasteiger charge is -2.25. The molecule has 1 aromatic heterocycles. The van der Waals surface area contributed by atoms with Crippen molar-refractivity contribution in [2.24, 2.45) is 5.73 Å². The Balaban J connectivity index is 0.00000456. The third-order valence-electron chi connectivity index (χ3n) is 4.67. The molecule has 0 aliphatic carbocycles. The van der Waals surface area contributed by atoms with E-state index in [0.717, 1.165) is 4.31 Å². The van der Waals surface area contributed by atoms with Crippen LogP contribution in [0.25, 0.3) is 10.8 Å². The average molecular weight is 575 g/mol. The number of aromatic nitrogens is 1. The van der Waals surface area contributed by atoms with Crippen LogP contribution in [0.3, 0.4) is 0 Å². The lowest BCUT2D eigenvalue weighted by Crippen LogP contribution is -2.38. The lowest BCUT2D eigenvalue weighted by molar-refractivity contribution is -0.155. The first-order chi connectivity index (χ1) is 16.3. The molecule has 0 aliphatic rings. The van der Waals surface area contributed by atoms with Crippen molar-refractivity contribution >= 4 is 74.2 Å². The van der Waals surface area contributed by atoms with Crippen molar-refractivity contribution in [3.05, 3.63) is 64.3 Å². The number of sulfonamides is 1. The van der Waals surface area contributed by atoms with E-state index in [2.05, 4.69) is 10.3 Å². The second-order valence-corrected chi connectivity index (χ2v) is 11.5. The van der Waals surface area contributed by atoms with E-state index >= 15 is 0 Å². The normalized spacial score (nSPS) is 11.7. The zero-order valence-corrected chi connectivity index (χ0v) is 22.9. The molecule has 0 spiro atoms. The molecule has 194 valence electrons. The molecule has 0 saturated heterocycles. The van der Waals surface area contributed by atoms with Crippen LogP contribution in [0.1, 0.15) is 26.3 Å². The van der Waals surface area contributed by atoms with Crippen molar-refractivity contribution in [3.8, 4) is 0 Å². The molecule has 0 fully saturated rings. The van der Waals surface area contributed by atoms with Crippen LogP contribution in [0, 0.1) is 5.41 Å². The highest BCUT2D eigenvalue weighted by Gasteiger charge is 2.30. The molecule has 0 saturated carbocycles. The number of ether oxygens (including phenoxy) is 1. The van der Waals surface area contributed by atoms with E-state index < -0.39 is 28.1 Å². The van der Waals surface area contributed by atoms with Gasteiger partial charge in [-0.3, -0.25) is 10.2 Å². The first-order valence-corrected chi connectivity index (χ1v) is 12.6. The number of nitrogens with one attached hydrogen (secondary N) is 2. The van der Waals surface area contributed by atoms with Gasteiger partial charge < -0.3 is 15.8 Å². The molecule has 2 aromatic carbocycles. The predicted octanol–water partition coefficient (Wildman–Crippen LogP) is 4.80. The number of nitrogens with two attached hydrogens (primary N) is 1. The molecule has 0 unspecified atom stereocenters. The fraction of sp³-hybridized carbons (Fsp3) is 0.261. The summed E-state index contributed by atoms with van der Waals surface area (Å²) >= 11 is 12.3. The lowest BCUT2D eigenvalue weighted by atomic mass is 10.1. The standard InChI is InChI=1S/C23H25Cl2N5O4S.ClH/c1-23(2,3)34-20(31)13-30(12-14-5-4-6-15(24)9-14)35(32,33)16-7-8-17-18(10-16)21(29-22(26)27)28-11-19(17)25;/h4-11H,12-13H2,1-3H3,(H4,26,27,28,29);1H. The molecule has 3 rings (SSSR count). The smallest absolute Gasteiger partial charge is 0.321 e. The molecule has 3 aromatic rings. The Hall–Kier alpha value is -2.63. The largest absolute Gasteiger partial charge is 0.459 e. The molecule has 0 atom stereocenters. The van der Waals surface area contributed by atoms with Crippen molar-refractivity contribution in [2.45, 2.75) is 37.8 Å². The van der Waals surface area contributed by atoms with E-state index in [1.54, 1.807) is 45.0 Å². The number of guanidine groups is 1. The summed E-state index contributed by atoms with van der Waals surface area (Å²) in [5.74, 6) is -0.906. The Kier molecular flexibility index (Phi) is 9.55. The van der Waals surface area contributed by atoms with Crippen LogP contribution in [0.5, 0.6) is 0 Å². The van der Waals surface area contributed by atoms with E-state index in [1.807, 2.05) is 0 Å². The van der Waals surface area contributed by atoms with Gasteiger partial charge in [0, 0.05) is 28.5 Å². The number of rotatable bonds is 7. The van der Waals surface area contributed by atoms with Crippen molar-refractivity contribution in [2.75, 3.05) is 11.9 Å². The first kappa shape index (κ1) is 29.6. The molecular formula is C23H26Cl3N5O4S. The Bertz CT molecular complexity index is 1390. The zero-order valence-electron chi connectivity index (χ0n) is 19.7. The third-order valence-corrected chi connectivity index (χ3v) is 7.00. The molecule has 1 heterocycles. The summed E-state index contributed by atoms with van der Waals surface area (Å²) in [6.45, 7) is 4.46. The van der Waals surface area contributed by atoms with Gasteiger partial charge >= 0.3 is 5.97 Å². The molecule has 0 aliphatic heterocycles. The zero-order chi connectivity index (χ0) is 26.0. The summed E-state index contributed by atoms with van der Waals surface area (Å²) < 4.78 is 33.8. The minimum Gasteiger partial charge on any atom is -0.459 e. The maximum atomic E-state index is 13.7. The summed E-state index contributed by atoms with van der Waals surface area (Å²) in [5, 5.41) is 11.7. The number of hydrogen-bond acceptors (Lipinski definition) is 6. The second kappa shape index (κ2) is 11.6. The minimum atomic E-state index is -4.21. The number of nitrogens with zero attached hydrogens (tertiary/aromatic N) is 2. The van der Waals surface area contributed by atoms with Crippen LogP contribution in [0.4, 0.5) is 5.82 Å². The number of hydrogen-bond donors (Lipinski definition) is 3. The highest BCUT2D eigenvalue weighted by Crippen LogP contribution is 2.31. The van der Waals surface area contributed by atoms with Crippen LogP contribution >= 0.6 is 35.6 Å². The van der Waals surface area contributed by atoms with Crippen molar-refractivity contribution in [3.63, 3.8) is 0 Å². The van der Waals surface area contributed by atoms with E-state index in [4.69, 9.17) is 39.1 Å². The van der Waals surface area contributed by atoms with Gasteiger partial charge in [0.2, 0.25) is 10.0 Å². The average Bonchev–Trinajstić information content (AvgIpc) is 2.73. The van der Waals surface area contributed by atoms with Gasteiger partial charge in [0.15, 0.2) is 5.96 Å². The van der Waals surface area contributed by atoms with Gasteiger partial charge in [-0.05, 0) is 50.6 Å². The van der Waals surface area contributed by atoms with Crippen LogP contribution < -0.4 is 11.1 Å². The summed E-state index contributed by atoms with van der Waals surface area (Å²) in [6, 6.07) is 11.0. The first-order valence-electron chi connectivity index (χ1n) is 10.4. The molecule has 36 heavy (non-hydrogen) atoms. The summed E-state index contributed by atoms with van der Waals surface area (Å²) in [6.07, 6.45) is 1.37. The quantitative estimate of drug-likeness (QED) is 0.209. The van der Waals surface area contributed by atoms with Crippen LogP contribution in [-0.4, -0.2) is 41.8 Å². The summed E-state index contributed by atoms with van der Waals surface area (Å²) in [4.78, 5) is 16.6. The molecule has 0 radical (unpaired) electrons. The highest BCUT2D eigenvalue weighted by atomic mass is 35.5. The van der Waals surface area contributed by atoms with Gasteiger partial charge in [-0.15, -0.1) is 12.4 Å². The van der Waals surface area contributed by atoms with E-state index in [9.17, 15) is 13.2 Å². The van der Waals surface area contributed by atoms with Gasteiger partial charge in [0.1, 0.15) is 18.0 Å². The van der Waals surface area contributed by atoms with Gasteiger partial charge in [-0.2, -0.15) is 4.31 Å². The van der Waals surface area contributed by atoms with Crippen molar-refractivity contribution in [1.82, 2.24) is 9.29 Å². The molecular weight excluding hydrogens is 549 g/mol. The van der Waals surface area contributed by atoms with Gasteiger partial charge in [-0.1, -0.05) is 41.4 Å². The number of halogens is 3. The molecule has 4 N–H and O–H groups in total. The highest BCUT2D eigenvalue weighted by molar-refractivity contribution is 7.89. The fourth-order valence-electron chi connectivity index (χ4n) is 3.31. The second-order valence-electron chi connectivity index (χ2n) is 8.69. The molecule has 9 nitrogen and oxygen atoms in total. The topological polar surface area (TPSA) is 138 Å². The Morgan fingerprint density at radius 2 is 1.86 bits per heavy atom. The van der Waals surface area contributed by atoms with Gasteiger partial charge in [0.25, 0.3) is 0 Å². The number of anilines is 1. The summed E-state index contributed by atoms with van der Waals surface area (Å²) in [7, 11) is -4.21. The third kappa shape index (κ3) is 7.44. The van der Waals surface area contributed by atoms with E-state index in [1.165, 1.54) is 24.4 Å². The minimum absolute atomic E-state index is 0. The monoisotopic (exact) mass is 573 g/mol. The van der Waals surface area contributed by atoms with Crippen LogP contribution in [-0.2, 0) is 26.1 Å². The number of fused-ring (bicyclic) bond motifs is 1. The maximum absolute atomic E-state index is 13.7. The number of esters is 1. The van der Waals surface area contributed by atoms with Crippen molar-refractivity contribution < 1.29 is 17.9 Å². The number of carbonyl (C=O) groups excluding carboxylic acids is 1. The predicted molar refractivity (Wildman–Crippen MR) is 144 cm³/mol. The SMILES string of the molecule is CC(C)(C)OC(=O)CN(Cc1cccc(Cl)c1)S(=O)(=O)c1ccc2c(Cl)cnc(NC(=N)N)c2c1.Cl. The molecule has 0 amide bonds. The van der Waals surface area contributed by atoms with Crippen LogP contribution in [0.15, 0.2) is 53.6 Å². The van der Waals surface area contributed by atoms with Crippen molar-refractivity contribution in [1.29, 1.82) is 5.41 Å². The Labute approximate surface area is 225 Å². The maximum Gasteiger partial charge on any atom is 0.321 e. The number of pyridine rings is 1. The van der Waals surface area contributed by atoms with E-state index in [-0.39, 0.29) is 35.6 Å². The van der Waals surface area contributed by atoms with Gasteiger partial charge in [-0.25, -0.2) is 13.4 Å². The van der Waals surface area contributed by atoms with Crippen LogP contribution in [0.2, 0.25) is 10.0 Å². The molecule has 0 bridgehead atoms. The number of benzene rings is 2. The Morgan fingerprint density at radius 1 is 1.17 bits per heavy atom. The number of carbonyl (C=O) groups is 1. The van der Waals surface area contributed by atoms with E-state index in [0.29, 0.717) is 26.4 Å². The molecule has 13 heteroatoms. The van der Waals surface area contributed by atoms with Gasteiger partial charge in [0.05, 0.1) is 9.92 Å². The fourth-order valence-corrected chi connectivity index (χ4v) is 5.13. The summed E-state index contributed by atoms with van der Waals surface area (Å²) in [5.41, 5.74) is 5.24. The Morgan fingerprint density at radius 3 is 2.47 bits per heavy atom.